The molecule has 6 heteroatoms. The van der Waals surface area contributed by atoms with Gasteiger partial charge in [0, 0.05) is 22.8 Å². The van der Waals surface area contributed by atoms with E-state index in [9.17, 15) is 9.59 Å². The minimum atomic E-state index is -0.321. The van der Waals surface area contributed by atoms with Gasteiger partial charge in [0.05, 0.1) is 13.2 Å². The van der Waals surface area contributed by atoms with Crippen molar-refractivity contribution in [2.75, 3.05) is 13.7 Å². The van der Waals surface area contributed by atoms with Crippen molar-refractivity contribution in [1.82, 2.24) is 9.55 Å². The van der Waals surface area contributed by atoms with Gasteiger partial charge in [-0.3, -0.25) is 14.2 Å². The van der Waals surface area contributed by atoms with Gasteiger partial charge in [0.25, 0.3) is 5.56 Å². The molecule has 0 spiro atoms. The molecule has 26 heavy (non-hydrogen) atoms. The maximum absolute atomic E-state index is 13.2. The van der Waals surface area contributed by atoms with Crippen LogP contribution in [-0.2, 0) is 11.3 Å². The van der Waals surface area contributed by atoms with Crippen molar-refractivity contribution in [3.05, 3.63) is 75.2 Å². The van der Waals surface area contributed by atoms with Crippen LogP contribution in [-0.4, -0.2) is 23.3 Å². The molecule has 0 aliphatic heterocycles. The first-order valence-electron chi connectivity index (χ1n) is 8.21. The second kappa shape index (κ2) is 6.82. The molecule has 0 bridgehead atoms. The number of fused-ring (bicyclic) bond motifs is 2. The van der Waals surface area contributed by atoms with Gasteiger partial charge in [-0.15, -0.1) is 11.3 Å². The zero-order chi connectivity index (χ0) is 18.1. The van der Waals surface area contributed by atoms with E-state index in [1.54, 1.807) is 19.2 Å². The summed E-state index contributed by atoms with van der Waals surface area (Å²) in [6, 6.07) is 16.8. The lowest BCUT2D eigenvalue weighted by molar-refractivity contribution is 0.186. The standard InChI is InChI=1S/C20H16N2O3S/c1-25-12-11-22-18(13-7-3-2-4-8-13)21-19-16(20(22)24)17(23)14-9-5-6-10-15(14)26-19/h2-10H,11-12H2,1H3. The van der Waals surface area contributed by atoms with Crippen molar-refractivity contribution >= 4 is 31.6 Å². The molecule has 0 radical (unpaired) electrons. The number of nitrogens with zero attached hydrogens (tertiary/aromatic N) is 2. The first-order valence-corrected chi connectivity index (χ1v) is 9.03. The summed E-state index contributed by atoms with van der Waals surface area (Å²) in [5.74, 6) is 0.547. The number of hydrogen-bond acceptors (Lipinski definition) is 5. The van der Waals surface area contributed by atoms with Crippen molar-refractivity contribution in [3.8, 4) is 11.4 Å². The fraction of sp³-hybridized carbons (Fsp3) is 0.150. The van der Waals surface area contributed by atoms with Crippen LogP contribution < -0.4 is 11.0 Å². The normalized spacial score (nSPS) is 11.3. The van der Waals surface area contributed by atoms with E-state index in [1.807, 2.05) is 42.5 Å². The van der Waals surface area contributed by atoms with Crippen LogP contribution in [0.2, 0.25) is 0 Å². The van der Waals surface area contributed by atoms with Crippen molar-refractivity contribution < 1.29 is 4.74 Å². The Morgan fingerprint density at radius 3 is 2.54 bits per heavy atom. The van der Waals surface area contributed by atoms with Crippen LogP contribution in [0.15, 0.2) is 64.2 Å². The summed E-state index contributed by atoms with van der Waals surface area (Å²) in [6.45, 7) is 0.692. The molecule has 0 N–H and O–H groups in total. The molecule has 0 unspecified atom stereocenters. The number of rotatable bonds is 4. The maximum atomic E-state index is 13.2. The fourth-order valence-electron chi connectivity index (χ4n) is 2.98. The summed E-state index contributed by atoms with van der Waals surface area (Å²) in [6.07, 6.45) is 0. The van der Waals surface area contributed by atoms with Gasteiger partial charge in [-0.25, -0.2) is 4.98 Å². The summed E-state index contributed by atoms with van der Waals surface area (Å²) >= 11 is 1.37. The molecule has 0 aliphatic rings. The van der Waals surface area contributed by atoms with Crippen LogP contribution in [0.5, 0.6) is 0 Å². The molecule has 0 saturated heterocycles. The van der Waals surface area contributed by atoms with Crippen molar-refractivity contribution in [2.45, 2.75) is 6.54 Å². The summed E-state index contributed by atoms with van der Waals surface area (Å²) in [5, 5.41) is 0.694. The average molecular weight is 364 g/mol. The van der Waals surface area contributed by atoms with E-state index >= 15 is 0 Å². The molecule has 5 nitrogen and oxygen atoms in total. The van der Waals surface area contributed by atoms with E-state index in [4.69, 9.17) is 9.72 Å². The van der Waals surface area contributed by atoms with Crippen LogP contribution >= 0.6 is 11.3 Å². The monoisotopic (exact) mass is 364 g/mol. The molecule has 0 aliphatic carbocycles. The van der Waals surface area contributed by atoms with Crippen LogP contribution in [0, 0.1) is 0 Å². The van der Waals surface area contributed by atoms with Gasteiger partial charge >= 0.3 is 0 Å². The fourth-order valence-corrected chi connectivity index (χ4v) is 4.02. The van der Waals surface area contributed by atoms with E-state index in [-0.39, 0.29) is 16.4 Å². The van der Waals surface area contributed by atoms with Crippen molar-refractivity contribution in [3.63, 3.8) is 0 Å². The number of hydrogen-bond donors (Lipinski definition) is 0. The molecule has 130 valence electrons. The highest BCUT2D eigenvalue weighted by Crippen LogP contribution is 2.24. The van der Waals surface area contributed by atoms with Gasteiger partial charge in [-0.05, 0) is 12.1 Å². The Balaban J connectivity index is 2.12. The largest absolute Gasteiger partial charge is 0.383 e. The summed E-state index contributed by atoms with van der Waals surface area (Å²) in [7, 11) is 1.58. The van der Waals surface area contributed by atoms with E-state index in [1.165, 1.54) is 15.9 Å². The highest BCUT2D eigenvalue weighted by atomic mass is 32.1. The Bertz CT molecular complexity index is 1210. The summed E-state index contributed by atoms with van der Waals surface area (Å²) in [4.78, 5) is 31.2. The van der Waals surface area contributed by atoms with Gasteiger partial charge in [-0.1, -0.05) is 42.5 Å². The molecule has 0 amide bonds. The van der Waals surface area contributed by atoms with Crippen LogP contribution in [0.4, 0.5) is 0 Å². The lowest BCUT2D eigenvalue weighted by atomic mass is 10.2. The van der Waals surface area contributed by atoms with Gasteiger partial charge in [0.1, 0.15) is 16.0 Å². The van der Waals surface area contributed by atoms with Crippen LogP contribution in [0.3, 0.4) is 0 Å². The van der Waals surface area contributed by atoms with E-state index in [0.29, 0.717) is 29.2 Å². The van der Waals surface area contributed by atoms with Crippen LogP contribution in [0.25, 0.3) is 31.7 Å². The third kappa shape index (κ3) is 2.73. The van der Waals surface area contributed by atoms with E-state index < -0.39 is 0 Å². The first kappa shape index (κ1) is 16.6. The van der Waals surface area contributed by atoms with Gasteiger partial charge in [0.15, 0.2) is 0 Å². The van der Waals surface area contributed by atoms with Crippen molar-refractivity contribution in [2.24, 2.45) is 0 Å². The maximum Gasteiger partial charge on any atom is 0.266 e. The minimum Gasteiger partial charge on any atom is -0.383 e. The number of aromatic nitrogens is 2. The van der Waals surface area contributed by atoms with E-state index in [0.717, 1.165) is 10.3 Å². The lowest BCUT2D eigenvalue weighted by Gasteiger charge is -2.13. The average Bonchev–Trinajstić information content (AvgIpc) is 2.68. The SMILES string of the molecule is COCCn1c(-c2ccccc2)nc2sc3ccccc3c(=O)c2c1=O. The number of methoxy groups -OCH3 is 1. The zero-order valence-corrected chi connectivity index (χ0v) is 15.0. The predicted molar refractivity (Wildman–Crippen MR) is 105 cm³/mol. The highest BCUT2D eigenvalue weighted by molar-refractivity contribution is 7.24. The summed E-state index contributed by atoms with van der Waals surface area (Å²) < 4.78 is 7.50. The van der Waals surface area contributed by atoms with Gasteiger partial charge < -0.3 is 4.74 Å². The Hall–Kier alpha value is -2.83. The number of benzene rings is 2. The van der Waals surface area contributed by atoms with Crippen LogP contribution in [0.1, 0.15) is 0 Å². The quantitative estimate of drug-likeness (QED) is 0.522. The molecule has 0 saturated carbocycles. The van der Waals surface area contributed by atoms with E-state index in [2.05, 4.69) is 0 Å². The van der Waals surface area contributed by atoms with Gasteiger partial charge in [0.2, 0.25) is 5.43 Å². The number of ether oxygens (including phenoxy) is 1. The second-order valence-corrected chi connectivity index (χ2v) is 6.89. The Morgan fingerprint density at radius 2 is 1.77 bits per heavy atom. The van der Waals surface area contributed by atoms with Gasteiger partial charge in [-0.2, -0.15) is 0 Å². The minimum absolute atomic E-state index is 0.143. The molecule has 4 rings (SSSR count). The molecule has 4 aromatic rings. The molecule has 0 fully saturated rings. The molecule has 0 atom stereocenters. The Kier molecular flexibility index (Phi) is 4.36. The lowest BCUT2D eigenvalue weighted by Crippen LogP contribution is -2.28. The highest BCUT2D eigenvalue weighted by Gasteiger charge is 2.17. The third-order valence-corrected chi connectivity index (χ3v) is 5.32. The molecular formula is C20H16N2O3S. The topological polar surface area (TPSA) is 61.2 Å². The molecule has 2 aromatic heterocycles. The molecular weight excluding hydrogens is 348 g/mol. The predicted octanol–water partition coefficient (Wildman–Crippen LogP) is 3.28. The van der Waals surface area contributed by atoms with Crippen molar-refractivity contribution in [1.29, 1.82) is 0 Å². The first-order chi connectivity index (χ1) is 12.7. The smallest absolute Gasteiger partial charge is 0.266 e. The Labute approximate surface area is 153 Å². The third-order valence-electron chi connectivity index (χ3n) is 4.25. The zero-order valence-electron chi connectivity index (χ0n) is 14.1. The molecule has 2 aromatic carbocycles. The molecule has 2 heterocycles. The second-order valence-electron chi connectivity index (χ2n) is 5.86. The Morgan fingerprint density at radius 1 is 1.04 bits per heavy atom. The summed E-state index contributed by atoms with van der Waals surface area (Å²) in [5.41, 5.74) is 0.242.